The van der Waals surface area contributed by atoms with Gasteiger partial charge in [0.15, 0.2) is 5.82 Å². The van der Waals surface area contributed by atoms with E-state index in [1.54, 1.807) is 11.8 Å². The molecule has 1 rings (SSSR count). The summed E-state index contributed by atoms with van der Waals surface area (Å²) in [4.78, 5) is 15.0. The van der Waals surface area contributed by atoms with Crippen LogP contribution in [0.2, 0.25) is 0 Å². The first-order valence-corrected chi connectivity index (χ1v) is 5.66. The minimum atomic E-state index is -0.373. The van der Waals surface area contributed by atoms with Gasteiger partial charge in [0.05, 0.1) is 12.9 Å². The molecule has 1 heterocycles. The summed E-state index contributed by atoms with van der Waals surface area (Å²) in [5.41, 5.74) is 0. The highest BCUT2D eigenvalue weighted by molar-refractivity contribution is 7.99. The van der Waals surface area contributed by atoms with Crippen LogP contribution in [0.25, 0.3) is 0 Å². The van der Waals surface area contributed by atoms with Crippen molar-refractivity contribution in [2.24, 2.45) is 0 Å². The van der Waals surface area contributed by atoms with Crippen molar-refractivity contribution in [3.8, 4) is 0 Å². The van der Waals surface area contributed by atoms with Crippen molar-refractivity contribution in [2.45, 2.75) is 31.3 Å². The quantitative estimate of drug-likeness (QED) is 0.713. The van der Waals surface area contributed by atoms with Gasteiger partial charge < -0.3 is 9.26 Å². The maximum atomic E-state index is 10.9. The lowest BCUT2D eigenvalue weighted by molar-refractivity contribution is -0.140. The standard InChI is InChI=1S/C9H14N2O3S/c1-6(2)15-5-7-10-8(14-11-7)4-9(12)13-3/h6H,4-5H2,1-3H3. The molecule has 1 aromatic rings. The van der Waals surface area contributed by atoms with Crippen LogP contribution >= 0.6 is 11.8 Å². The molecular formula is C9H14N2O3S. The van der Waals surface area contributed by atoms with Gasteiger partial charge in [0.25, 0.3) is 0 Å². The van der Waals surface area contributed by atoms with Crippen LogP contribution < -0.4 is 0 Å². The smallest absolute Gasteiger partial charge is 0.315 e. The second kappa shape index (κ2) is 5.75. The molecule has 0 amide bonds. The fourth-order valence-corrected chi connectivity index (χ4v) is 1.46. The van der Waals surface area contributed by atoms with E-state index in [0.717, 1.165) is 0 Å². The Kier molecular flexibility index (Phi) is 4.61. The number of rotatable bonds is 5. The number of aromatic nitrogens is 2. The summed E-state index contributed by atoms with van der Waals surface area (Å²) in [6, 6.07) is 0. The van der Waals surface area contributed by atoms with Crippen LogP contribution in [-0.2, 0) is 21.7 Å². The minimum Gasteiger partial charge on any atom is -0.469 e. The van der Waals surface area contributed by atoms with Crippen LogP contribution in [0.5, 0.6) is 0 Å². The van der Waals surface area contributed by atoms with E-state index >= 15 is 0 Å². The molecule has 0 unspecified atom stereocenters. The number of hydrogen-bond donors (Lipinski definition) is 0. The highest BCUT2D eigenvalue weighted by Gasteiger charge is 2.11. The zero-order valence-corrected chi connectivity index (χ0v) is 9.84. The van der Waals surface area contributed by atoms with Gasteiger partial charge in [-0.2, -0.15) is 16.7 Å². The second-order valence-electron chi connectivity index (χ2n) is 3.22. The lowest BCUT2D eigenvalue weighted by Crippen LogP contribution is -2.04. The molecule has 5 nitrogen and oxygen atoms in total. The van der Waals surface area contributed by atoms with E-state index in [4.69, 9.17) is 4.52 Å². The van der Waals surface area contributed by atoms with E-state index in [-0.39, 0.29) is 12.4 Å². The largest absolute Gasteiger partial charge is 0.469 e. The normalized spacial score (nSPS) is 10.7. The van der Waals surface area contributed by atoms with Gasteiger partial charge in [-0.05, 0) is 5.25 Å². The summed E-state index contributed by atoms with van der Waals surface area (Å²) < 4.78 is 9.38. The number of carbonyl (C=O) groups excluding carboxylic acids is 1. The van der Waals surface area contributed by atoms with E-state index in [1.165, 1.54) is 7.11 Å². The Morgan fingerprint density at radius 1 is 1.60 bits per heavy atom. The monoisotopic (exact) mass is 230 g/mol. The first kappa shape index (κ1) is 12.0. The average molecular weight is 230 g/mol. The Morgan fingerprint density at radius 3 is 2.93 bits per heavy atom. The van der Waals surface area contributed by atoms with Crippen molar-refractivity contribution in [3.05, 3.63) is 11.7 Å². The number of nitrogens with zero attached hydrogens (tertiary/aromatic N) is 2. The predicted octanol–water partition coefficient (Wildman–Crippen LogP) is 1.43. The molecule has 0 aromatic carbocycles. The number of carbonyl (C=O) groups is 1. The summed E-state index contributed by atoms with van der Waals surface area (Å²) in [6.45, 7) is 4.19. The summed E-state index contributed by atoms with van der Waals surface area (Å²) in [5.74, 6) is 1.25. The Bertz CT molecular complexity index is 325. The van der Waals surface area contributed by atoms with Crippen LogP contribution in [0.15, 0.2) is 4.52 Å². The molecule has 0 bridgehead atoms. The molecular weight excluding hydrogens is 216 g/mol. The highest BCUT2D eigenvalue weighted by Crippen LogP contribution is 2.14. The van der Waals surface area contributed by atoms with Crippen LogP contribution in [0.4, 0.5) is 0 Å². The van der Waals surface area contributed by atoms with Crippen LogP contribution in [0.3, 0.4) is 0 Å². The van der Waals surface area contributed by atoms with Crippen molar-refractivity contribution in [1.82, 2.24) is 10.1 Å². The molecule has 0 fully saturated rings. The summed E-state index contributed by atoms with van der Waals surface area (Å²) in [5, 5.41) is 4.28. The van der Waals surface area contributed by atoms with E-state index < -0.39 is 0 Å². The van der Waals surface area contributed by atoms with Crippen molar-refractivity contribution in [2.75, 3.05) is 7.11 Å². The molecule has 0 saturated heterocycles. The predicted molar refractivity (Wildman–Crippen MR) is 56.4 cm³/mol. The molecule has 0 aliphatic rings. The van der Waals surface area contributed by atoms with E-state index in [9.17, 15) is 4.79 Å². The zero-order valence-electron chi connectivity index (χ0n) is 9.02. The molecule has 0 aliphatic heterocycles. The van der Waals surface area contributed by atoms with Crippen molar-refractivity contribution in [1.29, 1.82) is 0 Å². The van der Waals surface area contributed by atoms with Gasteiger partial charge >= 0.3 is 5.97 Å². The molecule has 0 saturated carbocycles. The summed E-state index contributed by atoms with van der Waals surface area (Å²) in [7, 11) is 1.33. The van der Waals surface area contributed by atoms with Crippen molar-refractivity contribution >= 4 is 17.7 Å². The third-order valence-corrected chi connectivity index (χ3v) is 2.67. The summed E-state index contributed by atoms with van der Waals surface area (Å²) in [6.07, 6.45) is 0.0375. The topological polar surface area (TPSA) is 65.2 Å². The second-order valence-corrected chi connectivity index (χ2v) is 4.78. The molecule has 0 N–H and O–H groups in total. The Balaban J connectivity index is 2.45. The fourth-order valence-electron chi connectivity index (χ4n) is 0.857. The number of thioether (sulfide) groups is 1. The van der Waals surface area contributed by atoms with E-state index in [2.05, 4.69) is 28.7 Å². The average Bonchev–Trinajstić information content (AvgIpc) is 2.62. The van der Waals surface area contributed by atoms with Crippen molar-refractivity contribution < 1.29 is 14.1 Å². The maximum Gasteiger partial charge on any atom is 0.315 e. The molecule has 84 valence electrons. The van der Waals surface area contributed by atoms with Gasteiger partial charge in [-0.1, -0.05) is 19.0 Å². The van der Waals surface area contributed by atoms with Crippen LogP contribution in [0.1, 0.15) is 25.6 Å². The third-order valence-electron chi connectivity index (χ3n) is 1.58. The highest BCUT2D eigenvalue weighted by atomic mass is 32.2. The Morgan fingerprint density at radius 2 is 2.33 bits per heavy atom. The zero-order chi connectivity index (χ0) is 11.3. The SMILES string of the molecule is COC(=O)Cc1nc(CSC(C)C)no1. The van der Waals surface area contributed by atoms with Gasteiger partial charge in [0, 0.05) is 0 Å². The molecule has 0 radical (unpaired) electrons. The number of ether oxygens (including phenoxy) is 1. The summed E-state index contributed by atoms with van der Waals surface area (Å²) >= 11 is 1.72. The molecule has 15 heavy (non-hydrogen) atoms. The molecule has 0 aliphatic carbocycles. The lowest BCUT2D eigenvalue weighted by Gasteiger charge is -1.98. The lowest BCUT2D eigenvalue weighted by atomic mass is 10.4. The number of methoxy groups -OCH3 is 1. The first-order valence-electron chi connectivity index (χ1n) is 4.61. The number of hydrogen-bond acceptors (Lipinski definition) is 6. The maximum absolute atomic E-state index is 10.9. The van der Waals surface area contributed by atoms with Gasteiger partial charge in [0.2, 0.25) is 5.89 Å². The van der Waals surface area contributed by atoms with Crippen LogP contribution in [0, 0.1) is 0 Å². The van der Waals surface area contributed by atoms with Gasteiger partial charge in [0.1, 0.15) is 6.42 Å². The molecule has 0 atom stereocenters. The van der Waals surface area contributed by atoms with Gasteiger partial charge in [-0.3, -0.25) is 4.79 Å². The Hall–Kier alpha value is -1.04. The van der Waals surface area contributed by atoms with Crippen LogP contribution in [-0.4, -0.2) is 28.5 Å². The number of esters is 1. The van der Waals surface area contributed by atoms with E-state index in [1.807, 2.05) is 0 Å². The van der Waals surface area contributed by atoms with Gasteiger partial charge in [-0.15, -0.1) is 0 Å². The third kappa shape index (κ3) is 4.33. The first-order chi connectivity index (χ1) is 7.11. The van der Waals surface area contributed by atoms with E-state index in [0.29, 0.717) is 22.7 Å². The molecule has 6 heteroatoms. The fraction of sp³-hybridized carbons (Fsp3) is 0.667. The minimum absolute atomic E-state index is 0.0375. The molecule has 1 aromatic heterocycles. The van der Waals surface area contributed by atoms with Crippen molar-refractivity contribution in [3.63, 3.8) is 0 Å². The molecule has 0 spiro atoms. The van der Waals surface area contributed by atoms with Gasteiger partial charge in [-0.25, -0.2) is 0 Å². The Labute approximate surface area is 92.6 Å².